The maximum absolute atomic E-state index is 13.2. The molecule has 0 radical (unpaired) electrons. The van der Waals surface area contributed by atoms with Gasteiger partial charge in [-0.15, -0.1) is 0 Å². The van der Waals surface area contributed by atoms with Gasteiger partial charge in [0, 0.05) is 25.0 Å². The number of anilines is 1. The van der Waals surface area contributed by atoms with E-state index in [9.17, 15) is 22.8 Å². The van der Waals surface area contributed by atoms with Crippen LogP contribution in [0.4, 0.5) is 18.9 Å². The molecule has 1 amide bonds. The SMILES string of the molecule is CC(CC(=O)O)CC(=O)Nc1cc(F)c(F)cc1F. The molecule has 1 atom stereocenters. The van der Waals surface area contributed by atoms with E-state index in [4.69, 9.17) is 5.11 Å². The van der Waals surface area contributed by atoms with Crippen molar-refractivity contribution in [2.75, 3.05) is 5.32 Å². The molecule has 0 fully saturated rings. The molecule has 4 nitrogen and oxygen atoms in total. The average Bonchev–Trinajstić information content (AvgIpc) is 2.24. The van der Waals surface area contributed by atoms with E-state index in [1.165, 1.54) is 6.92 Å². The molecule has 0 heterocycles. The van der Waals surface area contributed by atoms with Crippen LogP contribution in [0.1, 0.15) is 19.8 Å². The Bertz CT molecular complexity index is 505. The first-order valence-corrected chi connectivity index (χ1v) is 5.45. The molecule has 0 aliphatic heterocycles. The molecular weight excluding hydrogens is 263 g/mol. The number of hydrogen-bond acceptors (Lipinski definition) is 2. The Labute approximate surface area is 107 Å². The lowest BCUT2D eigenvalue weighted by Crippen LogP contribution is -2.18. The van der Waals surface area contributed by atoms with E-state index in [0.717, 1.165) is 0 Å². The Morgan fingerprint density at radius 1 is 1.16 bits per heavy atom. The summed E-state index contributed by atoms with van der Waals surface area (Å²) in [6.45, 7) is 1.54. The van der Waals surface area contributed by atoms with Crippen molar-refractivity contribution in [1.82, 2.24) is 0 Å². The minimum Gasteiger partial charge on any atom is -0.481 e. The fourth-order valence-corrected chi connectivity index (χ4v) is 1.51. The van der Waals surface area contributed by atoms with Gasteiger partial charge in [-0.2, -0.15) is 0 Å². The van der Waals surface area contributed by atoms with Crippen molar-refractivity contribution in [3.05, 3.63) is 29.6 Å². The average molecular weight is 275 g/mol. The molecule has 19 heavy (non-hydrogen) atoms. The van der Waals surface area contributed by atoms with Crippen LogP contribution in [-0.4, -0.2) is 17.0 Å². The van der Waals surface area contributed by atoms with Crippen LogP contribution in [0.3, 0.4) is 0 Å². The molecule has 1 unspecified atom stereocenters. The number of carbonyl (C=O) groups is 2. The summed E-state index contributed by atoms with van der Waals surface area (Å²) >= 11 is 0. The van der Waals surface area contributed by atoms with Gasteiger partial charge in [-0.25, -0.2) is 13.2 Å². The maximum atomic E-state index is 13.2. The van der Waals surface area contributed by atoms with E-state index in [1.807, 2.05) is 0 Å². The minimum atomic E-state index is -1.35. The normalized spacial score (nSPS) is 12.0. The smallest absolute Gasteiger partial charge is 0.303 e. The van der Waals surface area contributed by atoms with E-state index in [0.29, 0.717) is 12.1 Å². The molecule has 1 rings (SSSR count). The summed E-state index contributed by atoms with van der Waals surface area (Å²) in [7, 11) is 0. The number of carboxylic acids is 1. The number of carboxylic acid groups (broad SMARTS) is 1. The quantitative estimate of drug-likeness (QED) is 0.811. The first-order chi connectivity index (χ1) is 8.79. The molecule has 0 saturated heterocycles. The number of benzene rings is 1. The van der Waals surface area contributed by atoms with Crippen molar-refractivity contribution < 1.29 is 27.9 Å². The molecule has 0 bridgehead atoms. The lowest BCUT2D eigenvalue weighted by Gasteiger charge is -2.10. The summed E-state index contributed by atoms with van der Waals surface area (Å²) in [5.41, 5.74) is -0.480. The number of rotatable bonds is 5. The van der Waals surface area contributed by atoms with Gasteiger partial charge in [-0.05, 0) is 5.92 Å². The van der Waals surface area contributed by atoms with Crippen LogP contribution < -0.4 is 5.32 Å². The van der Waals surface area contributed by atoms with E-state index >= 15 is 0 Å². The number of halogens is 3. The van der Waals surface area contributed by atoms with Gasteiger partial charge < -0.3 is 10.4 Å². The molecule has 0 saturated carbocycles. The Morgan fingerprint density at radius 2 is 1.74 bits per heavy atom. The number of hydrogen-bond donors (Lipinski definition) is 2. The Hall–Kier alpha value is -2.05. The third-order valence-electron chi connectivity index (χ3n) is 2.34. The zero-order valence-corrected chi connectivity index (χ0v) is 10.0. The highest BCUT2D eigenvalue weighted by molar-refractivity contribution is 5.91. The van der Waals surface area contributed by atoms with Crippen molar-refractivity contribution in [2.45, 2.75) is 19.8 Å². The lowest BCUT2D eigenvalue weighted by atomic mass is 10.0. The predicted molar refractivity (Wildman–Crippen MR) is 61.0 cm³/mol. The van der Waals surface area contributed by atoms with Crippen molar-refractivity contribution in [1.29, 1.82) is 0 Å². The molecule has 0 spiro atoms. The van der Waals surface area contributed by atoms with E-state index in [1.54, 1.807) is 0 Å². The van der Waals surface area contributed by atoms with Crippen molar-refractivity contribution >= 4 is 17.6 Å². The van der Waals surface area contributed by atoms with Crippen molar-refractivity contribution in [3.63, 3.8) is 0 Å². The molecule has 104 valence electrons. The maximum Gasteiger partial charge on any atom is 0.303 e. The first kappa shape index (κ1) is 15.0. The van der Waals surface area contributed by atoms with Gasteiger partial charge in [0.05, 0.1) is 5.69 Å². The van der Waals surface area contributed by atoms with Gasteiger partial charge in [0.1, 0.15) is 5.82 Å². The van der Waals surface area contributed by atoms with Gasteiger partial charge in [0.2, 0.25) is 5.91 Å². The second kappa shape index (κ2) is 6.21. The lowest BCUT2D eigenvalue weighted by molar-refractivity contribution is -0.138. The molecule has 0 aliphatic carbocycles. The van der Waals surface area contributed by atoms with Crippen LogP contribution in [0.15, 0.2) is 12.1 Å². The molecular formula is C12H12F3NO3. The van der Waals surface area contributed by atoms with Gasteiger partial charge in [0.15, 0.2) is 11.6 Å². The molecule has 2 N–H and O–H groups in total. The Morgan fingerprint density at radius 3 is 2.32 bits per heavy atom. The van der Waals surface area contributed by atoms with Gasteiger partial charge in [-0.1, -0.05) is 6.92 Å². The number of aliphatic carboxylic acids is 1. The second-order valence-corrected chi connectivity index (χ2v) is 4.20. The summed E-state index contributed by atoms with van der Waals surface area (Å²) in [5.74, 6) is -5.91. The third kappa shape index (κ3) is 4.61. The van der Waals surface area contributed by atoms with Crippen molar-refractivity contribution in [3.8, 4) is 0 Å². The zero-order chi connectivity index (χ0) is 14.6. The monoisotopic (exact) mass is 275 g/mol. The number of carbonyl (C=O) groups excluding carboxylic acids is 1. The van der Waals surface area contributed by atoms with Crippen LogP contribution in [0.25, 0.3) is 0 Å². The summed E-state index contributed by atoms with van der Waals surface area (Å²) in [5, 5.41) is 10.6. The molecule has 7 heteroatoms. The summed E-state index contributed by atoms with van der Waals surface area (Å²) in [6, 6.07) is 0.857. The van der Waals surface area contributed by atoms with Crippen molar-refractivity contribution in [2.24, 2.45) is 5.92 Å². The summed E-state index contributed by atoms with van der Waals surface area (Å²) < 4.78 is 38.8. The van der Waals surface area contributed by atoms with E-state index in [2.05, 4.69) is 5.32 Å². The Balaban J connectivity index is 2.67. The minimum absolute atomic E-state index is 0.162. The Kier molecular flexibility index (Phi) is 4.91. The van der Waals surface area contributed by atoms with Crippen LogP contribution in [0.2, 0.25) is 0 Å². The summed E-state index contributed by atoms with van der Waals surface area (Å²) in [6.07, 6.45) is -0.377. The van der Waals surface area contributed by atoms with Crippen LogP contribution in [0, 0.1) is 23.4 Å². The largest absolute Gasteiger partial charge is 0.481 e. The molecule has 0 aromatic heterocycles. The van der Waals surface area contributed by atoms with E-state index < -0.39 is 40.9 Å². The van der Waals surface area contributed by atoms with Crippen LogP contribution >= 0.6 is 0 Å². The zero-order valence-electron chi connectivity index (χ0n) is 10.0. The first-order valence-electron chi connectivity index (χ1n) is 5.45. The third-order valence-corrected chi connectivity index (χ3v) is 2.34. The van der Waals surface area contributed by atoms with Crippen LogP contribution in [0.5, 0.6) is 0 Å². The fourth-order valence-electron chi connectivity index (χ4n) is 1.51. The molecule has 1 aromatic carbocycles. The highest BCUT2D eigenvalue weighted by Crippen LogP contribution is 2.19. The van der Waals surface area contributed by atoms with Crippen LogP contribution in [-0.2, 0) is 9.59 Å². The van der Waals surface area contributed by atoms with E-state index in [-0.39, 0.29) is 12.8 Å². The highest BCUT2D eigenvalue weighted by atomic mass is 19.2. The number of amides is 1. The van der Waals surface area contributed by atoms with Gasteiger partial charge in [-0.3, -0.25) is 9.59 Å². The standard InChI is InChI=1S/C12H12F3NO3/c1-6(3-12(18)19)2-11(17)16-10-5-8(14)7(13)4-9(10)15/h4-6H,2-3H2,1H3,(H,16,17)(H,18,19). The number of nitrogens with one attached hydrogen (secondary N) is 1. The summed E-state index contributed by atoms with van der Waals surface area (Å²) in [4.78, 5) is 21.9. The predicted octanol–water partition coefficient (Wildman–Crippen LogP) is 2.54. The van der Waals surface area contributed by atoms with Gasteiger partial charge in [0.25, 0.3) is 0 Å². The molecule has 0 aliphatic rings. The molecule has 1 aromatic rings. The van der Waals surface area contributed by atoms with Gasteiger partial charge >= 0.3 is 5.97 Å². The topological polar surface area (TPSA) is 66.4 Å². The highest BCUT2D eigenvalue weighted by Gasteiger charge is 2.15. The fraction of sp³-hybridized carbons (Fsp3) is 0.333. The second-order valence-electron chi connectivity index (χ2n) is 4.20.